The van der Waals surface area contributed by atoms with Crippen LogP contribution in [0.3, 0.4) is 0 Å². The predicted molar refractivity (Wildman–Crippen MR) is 106 cm³/mol. The van der Waals surface area contributed by atoms with Crippen molar-refractivity contribution in [1.29, 1.82) is 0 Å². The molecular formula is C19H23Cl2NSiTi-. The molecule has 0 atom stereocenters. The van der Waals surface area contributed by atoms with Crippen LogP contribution in [0.15, 0.2) is 54.1 Å². The molecule has 0 unspecified atom stereocenters. The fourth-order valence-corrected chi connectivity index (χ4v) is 7.11. The summed E-state index contributed by atoms with van der Waals surface area (Å²) >= 11 is -0.556. The Morgan fingerprint density at radius 3 is 2.08 bits per heavy atom. The molecule has 0 saturated carbocycles. The van der Waals surface area contributed by atoms with Gasteiger partial charge < -0.3 is 4.98 Å². The molecule has 1 nitrogen and oxygen atoms in total. The van der Waals surface area contributed by atoms with Crippen molar-refractivity contribution >= 4 is 32.0 Å². The van der Waals surface area contributed by atoms with E-state index >= 15 is 0 Å². The fraction of sp³-hybridized carbons (Fsp3) is 0.316. The zero-order valence-electron chi connectivity index (χ0n) is 14.8. The van der Waals surface area contributed by atoms with E-state index in [2.05, 4.69) is 82.4 Å². The van der Waals surface area contributed by atoms with Crippen LogP contribution in [-0.2, 0) is 17.0 Å². The number of allylic oxidation sites excluding steroid dienone is 5. The molecule has 1 aromatic carbocycles. The summed E-state index contributed by atoms with van der Waals surface area (Å²) in [6.45, 7) is 11.3. The quantitative estimate of drug-likeness (QED) is 0.475. The summed E-state index contributed by atoms with van der Waals surface area (Å²) in [5.74, 6) is 1.37. The van der Waals surface area contributed by atoms with Crippen LogP contribution in [0.25, 0.3) is 10.2 Å². The Hall–Kier alpha value is -0.0888. The monoisotopic (exact) mass is 411 g/mol. The maximum absolute atomic E-state index is 5.22. The summed E-state index contributed by atoms with van der Waals surface area (Å²) in [4.78, 5) is 5.22. The Labute approximate surface area is 164 Å². The van der Waals surface area contributed by atoms with Gasteiger partial charge in [-0.2, -0.15) is 0 Å². The maximum atomic E-state index is 5.22. The Morgan fingerprint density at radius 1 is 0.958 bits per heavy atom. The summed E-state index contributed by atoms with van der Waals surface area (Å²) in [7, 11) is 7.91. The number of hydrogen-bond acceptors (Lipinski definition) is 0. The summed E-state index contributed by atoms with van der Waals surface area (Å²) in [6, 6.07) is 8.78. The average molecular weight is 412 g/mol. The van der Waals surface area contributed by atoms with E-state index in [4.69, 9.17) is 23.6 Å². The molecular weight excluding hydrogens is 389 g/mol. The Balaban J connectivity index is 0.000000647. The summed E-state index contributed by atoms with van der Waals surface area (Å²) in [5.41, 5.74) is 4.16. The first-order valence-electron chi connectivity index (χ1n) is 7.98. The van der Waals surface area contributed by atoms with Crippen molar-refractivity contribution in [3.8, 4) is 0 Å². The second-order valence-corrected chi connectivity index (χ2v) is 13.8. The van der Waals surface area contributed by atoms with Gasteiger partial charge in [-0.05, 0) is 24.9 Å². The van der Waals surface area contributed by atoms with Crippen molar-refractivity contribution in [3.63, 3.8) is 0 Å². The number of nitrogens with zero attached hydrogens (tertiary/aromatic N) is 1. The molecule has 0 amide bonds. The van der Waals surface area contributed by atoms with E-state index in [9.17, 15) is 0 Å². The molecule has 0 heterocycles. The van der Waals surface area contributed by atoms with Gasteiger partial charge in [-0.1, -0.05) is 87.6 Å². The Morgan fingerprint density at radius 2 is 1.50 bits per heavy atom. The SMILES string of the molecule is CC(C)(C)[N-][Si](C)(C)C1=C2C=CC=C[C]2c2ccccc21.[Cl][Ti][Cl]. The van der Waals surface area contributed by atoms with Crippen LogP contribution in [-0.4, -0.2) is 13.8 Å². The van der Waals surface area contributed by atoms with Crippen LogP contribution in [0.5, 0.6) is 0 Å². The van der Waals surface area contributed by atoms with Gasteiger partial charge in [-0.25, -0.2) is 0 Å². The molecule has 24 heavy (non-hydrogen) atoms. The van der Waals surface area contributed by atoms with Crippen molar-refractivity contribution in [2.24, 2.45) is 0 Å². The minimum atomic E-state index is -1.87. The van der Waals surface area contributed by atoms with E-state index in [1.807, 2.05) is 0 Å². The molecule has 0 spiro atoms. The zero-order valence-corrected chi connectivity index (χ0v) is 18.9. The van der Waals surface area contributed by atoms with Gasteiger partial charge in [-0.15, -0.1) is 5.54 Å². The number of fused-ring (bicyclic) bond motifs is 3. The van der Waals surface area contributed by atoms with Gasteiger partial charge in [0.2, 0.25) is 0 Å². The Kier molecular flexibility index (Phi) is 6.80. The van der Waals surface area contributed by atoms with E-state index in [1.165, 1.54) is 27.8 Å². The van der Waals surface area contributed by atoms with E-state index in [0.717, 1.165) is 0 Å². The van der Waals surface area contributed by atoms with Crippen LogP contribution in [0, 0.1) is 5.92 Å². The van der Waals surface area contributed by atoms with Crippen LogP contribution < -0.4 is 0 Å². The minimum absolute atomic E-state index is 0.00913. The van der Waals surface area contributed by atoms with Crippen molar-refractivity contribution in [2.45, 2.75) is 39.4 Å². The van der Waals surface area contributed by atoms with Crippen molar-refractivity contribution in [1.82, 2.24) is 0 Å². The third kappa shape index (κ3) is 4.55. The van der Waals surface area contributed by atoms with Gasteiger partial charge in [0.15, 0.2) is 0 Å². The number of hydrogen-bond donors (Lipinski definition) is 0. The molecule has 0 bridgehead atoms. The number of benzene rings is 1. The van der Waals surface area contributed by atoms with E-state index in [1.54, 1.807) is 0 Å². The summed E-state index contributed by atoms with van der Waals surface area (Å²) in [6.07, 6.45) is 8.78. The molecule has 2 aliphatic rings. The second-order valence-electron chi connectivity index (χ2n) is 7.38. The topological polar surface area (TPSA) is 14.1 Å². The average Bonchev–Trinajstić information content (AvgIpc) is 2.81. The van der Waals surface area contributed by atoms with Crippen molar-refractivity contribution in [2.75, 3.05) is 0 Å². The molecule has 1 aromatic rings. The predicted octanol–water partition coefficient (Wildman–Crippen LogP) is 6.80. The van der Waals surface area contributed by atoms with Gasteiger partial charge in [0.05, 0.1) is 5.92 Å². The summed E-state index contributed by atoms with van der Waals surface area (Å²) in [5, 5.41) is 1.49. The normalized spacial score (nSPS) is 16.5. The van der Waals surface area contributed by atoms with Gasteiger partial charge in [0.25, 0.3) is 0 Å². The number of rotatable bonds is 2. The Bertz CT molecular complexity index is 687. The molecule has 127 valence electrons. The van der Waals surface area contributed by atoms with Crippen molar-refractivity contribution in [3.05, 3.63) is 76.2 Å². The van der Waals surface area contributed by atoms with Gasteiger partial charge in [0.1, 0.15) is 0 Å². The zero-order chi connectivity index (χ0) is 18.0. The van der Waals surface area contributed by atoms with Crippen LogP contribution in [0.1, 0.15) is 31.9 Å². The molecule has 0 aliphatic heterocycles. The molecule has 1 radical (unpaired) electrons. The first kappa shape index (κ1) is 20.2. The molecule has 0 N–H and O–H groups in total. The molecule has 0 saturated heterocycles. The third-order valence-corrected chi connectivity index (χ3v) is 6.90. The summed E-state index contributed by atoms with van der Waals surface area (Å²) < 4.78 is 0. The first-order valence-corrected chi connectivity index (χ1v) is 15.2. The van der Waals surface area contributed by atoms with E-state index < -0.39 is 25.3 Å². The molecule has 0 aromatic heterocycles. The molecule has 5 heteroatoms. The van der Waals surface area contributed by atoms with Crippen LogP contribution in [0.2, 0.25) is 13.1 Å². The first-order chi connectivity index (χ1) is 11.2. The second kappa shape index (κ2) is 8.07. The molecule has 3 rings (SSSR count). The van der Waals surface area contributed by atoms with Gasteiger partial charge in [-0.3, -0.25) is 0 Å². The van der Waals surface area contributed by atoms with Crippen LogP contribution in [0.4, 0.5) is 0 Å². The molecule has 2 aliphatic carbocycles. The molecule has 0 fully saturated rings. The third-order valence-electron chi connectivity index (χ3n) is 3.91. The fourth-order valence-electron chi connectivity index (χ4n) is 3.57. The van der Waals surface area contributed by atoms with E-state index in [0.29, 0.717) is 0 Å². The van der Waals surface area contributed by atoms with Crippen molar-refractivity contribution < 1.29 is 17.0 Å². The number of halogens is 2. The van der Waals surface area contributed by atoms with Gasteiger partial charge >= 0.3 is 35.6 Å². The standard InChI is InChI=1S/C19H23NSi.2ClH.Ti/c1-19(2,3)20-21(4,5)18-16-12-8-6-10-14(16)15-11-7-9-13-17(15)18;;;/h6-13H,1-5H3;2*1H;/q-1;;;+2/p-2. The van der Waals surface area contributed by atoms with Gasteiger partial charge in [0, 0.05) is 0 Å². The van der Waals surface area contributed by atoms with E-state index in [-0.39, 0.29) is 5.54 Å². The van der Waals surface area contributed by atoms with Crippen LogP contribution >= 0.6 is 18.6 Å².